The monoisotopic (exact) mass is 442 g/mol. The molecule has 0 saturated carbocycles. The Morgan fingerprint density at radius 3 is 3.06 bits per heavy atom. The van der Waals surface area contributed by atoms with Gasteiger partial charge in [-0.2, -0.15) is 15.1 Å². The SMILES string of the molecule is C=CC(=O)N1CCC[C@@H](Nc2nc(Nc3cnn(CC(C)C)c3)nc3[nH]cc(Cl)c23)C1. The lowest BCUT2D eigenvalue weighted by atomic mass is 10.1. The first-order valence-corrected chi connectivity index (χ1v) is 10.8. The molecule has 1 saturated heterocycles. The molecule has 31 heavy (non-hydrogen) atoms. The molecule has 0 aliphatic carbocycles. The second-order valence-corrected chi connectivity index (χ2v) is 8.61. The van der Waals surface area contributed by atoms with Crippen LogP contribution in [0.25, 0.3) is 11.0 Å². The molecule has 1 fully saturated rings. The van der Waals surface area contributed by atoms with Gasteiger partial charge >= 0.3 is 0 Å². The highest BCUT2D eigenvalue weighted by molar-refractivity contribution is 6.36. The maximum absolute atomic E-state index is 12.0. The zero-order chi connectivity index (χ0) is 22.0. The molecular formula is C21H27ClN8O. The molecule has 0 spiro atoms. The van der Waals surface area contributed by atoms with Crippen LogP contribution in [0.4, 0.5) is 17.5 Å². The number of nitrogens with zero attached hydrogens (tertiary/aromatic N) is 5. The lowest BCUT2D eigenvalue weighted by molar-refractivity contribution is -0.127. The fraction of sp³-hybridized carbons (Fsp3) is 0.429. The minimum absolute atomic E-state index is 0.0558. The van der Waals surface area contributed by atoms with E-state index in [1.807, 2.05) is 10.9 Å². The van der Waals surface area contributed by atoms with Crippen molar-refractivity contribution in [2.24, 2.45) is 5.92 Å². The molecule has 1 amide bonds. The Kier molecular flexibility index (Phi) is 6.13. The summed E-state index contributed by atoms with van der Waals surface area (Å²) in [4.78, 5) is 26.2. The van der Waals surface area contributed by atoms with Crippen molar-refractivity contribution in [1.29, 1.82) is 0 Å². The van der Waals surface area contributed by atoms with Gasteiger partial charge in [-0.3, -0.25) is 9.48 Å². The van der Waals surface area contributed by atoms with Gasteiger partial charge in [0, 0.05) is 38.1 Å². The molecule has 1 aliphatic rings. The van der Waals surface area contributed by atoms with Crippen molar-refractivity contribution >= 4 is 46.0 Å². The average molecular weight is 443 g/mol. The van der Waals surface area contributed by atoms with Gasteiger partial charge in [-0.25, -0.2) is 0 Å². The number of fused-ring (bicyclic) bond motifs is 1. The average Bonchev–Trinajstić information content (AvgIpc) is 3.33. The molecular weight excluding hydrogens is 416 g/mol. The van der Waals surface area contributed by atoms with Crippen molar-refractivity contribution in [1.82, 2.24) is 29.6 Å². The molecule has 1 aliphatic heterocycles. The number of halogens is 1. The van der Waals surface area contributed by atoms with Crippen LogP contribution in [0.2, 0.25) is 5.02 Å². The Labute approximate surface area is 185 Å². The number of hydrogen-bond acceptors (Lipinski definition) is 6. The fourth-order valence-electron chi connectivity index (χ4n) is 3.80. The summed E-state index contributed by atoms with van der Waals surface area (Å²) in [5.74, 6) is 1.51. The van der Waals surface area contributed by atoms with Crippen LogP contribution in [0.15, 0.2) is 31.2 Å². The van der Waals surface area contributed by atoms with E-state index in [2.05, 4.69) is 51.1 Å². The van der Waals surface area contributed by atoms with Crippen LogP contribution in [-0.4, -0.2) is 54.7 Å². The van der Waals surface area contributed by atoms with Crippen molar-refractivity contribution < 1.29 is 4.79 Å². The molecule has 164 valence electrons. The number of amides is 1. The number of rotatable bonds is 7. The molecule has 0 radical (unpaired) electrons. The Bertz CT molecular complexity index is 1090. The number of carbonyl (C=O) groups is 1. The number of aromatic amines is 1. The van der Waals surface area contributed by atoms with E-state index in [1.54, 1.807) is 17.3 Å². The first-order valence-electron chi connectivity index (χ1n) is 10.4. The largest absolute Gasteiger partial charge is 0.365 e. The lowest BCUT2D eigenvalue weighted by Crippen LogP contribution is -2.44. The van der Waals surface area contributed by atoms with E-state index in [1.165, 1.54) is 6.08 Å². The number of H-pyrrole nitrogens is 1. The van der Waals surface area contributed by atoms with Crippen molar-refractivity contribution in [3.8, 4) is 0 Å². The maximum Gasteiger partial charge on any atom is 0.246 e. The van der Waals surface area contributed by atoms with E-state index in [0.29, 0.717) is 34.9 Å². The number of likely N-dealkylation sites (tertiary alicyclic amines) is 1. The van der Waals surface area contributed by atoms with E-state index in [4.69, 9.17) is 11.6 Å². The minimum Gasteiger partial charge on any atom is -0.365 e. The second kappa shape index (κ2) is 8.97. The quantitative estimate of drug-likeness (QED) is 0.481. The number of carbonyl (C=O) groups excluding carboxylic acids is 1. The summed E-state index contributed by atoms with van der Waals surface area (Å²) in [7, 11) is 0. The highest BCUT2D eigenvalue weighted by Crippen LogP contribution is 2.31. The van der Waals surface area contributed by atoms with Gasteiger partial charge in [-0.05, 0) is 24.8 Å². The van der Waals surface area contributed by atoms with E-state index >= 15 is 0 Å². The zero-order valence-electron chi connectivity index (χ0n) is 17.7. The van der Waals surface area contributed by atoms with Crippen molar-refractivity contribution in [3.05, 3.63) is 36.3 Å². The van der Waals surface area contributed by atoms with Gasteiger partial charge < -0.3 is 20.5 Å². The van der Waals surface area contributed by atoms with Crippen LogP contribution in [0.3, 0.4) is 0 Å². The highest BCUT2D eigenvalue weighted by atomic mass is 35.5. The molecule has 0 bridgehead atoms. The van der Waals surface area contributed by atoms with Crippen LogP contribution in [0.1, 0.15) is 26.7 Å². The summed E-state index contributed by atoms with van der Waals surface area (Å²) in [5.41, 5.74) is 1.44. The summed E-state index contributed by atoms with van der Waals surface area (Å²) in [6.45, 7) is 10.0. The first kappa shape index (κ1) is 21.2. The molecule has 4 heterocycles. The topological polar surface area (TPSA) is 104 Å². The van der Waals surface area contributed by atoms with Crippen LogP contribution in [-0.2, 0) is 11.3 Å². The summed E-state index contributed by atoms with van der Waals surface area (Å²) in [5, 5.41) is 12.4. The first-order chi connectivity index (χ1) is 14.9. The predicted octanol–water partition coefficient (Wildman–Crippen LogP) is 3.80. The summed E-state index contributed by atoms with van der Waals surface area (Å²) < 4.78 is 1.89. The smallest absolute Gasteiger partial charge is 0.246 e. The number of hydrogen-bond donors (Lipinski definition) is 3. The van der Waals surface area contributed by atoms with Gasteiger partial charge in [0.1, 0.15) is 11.5 Å². The third-order valence-corrected chi connectivity index (χ3v) is 5.47. The molecule has 3 N–H and O–H groups in total. The molecule has 0 aromatic carbocycles. The third-order valence-electron chi connectivity index (χ3n) is 5.17. The molecule has 3 aromatic rings. The van der Waals surface area contributed by atoms with Gasteiger partial charge in [-0.1, -0.05) is 32.0 Å². The zero-order valence-corrected chi connectivity index (χ0v) is 18.5. The number of nitrogens with one attached hydrogen (secondary N) is 3. The predicted molar refractivity (Wildman–Crippen MR) is 123 cm³/mol. The van der Waals surface area contributed by atoms with Gasteiger partial charge in [0.25, 0.3) is 0 Å². The van der Waals surface area contributed by atoms with Crippen LogP contribution in [0, 0.1) is 5.92 Å². The number of aromatic nitrogens is 5. The van der Waals surface area contributed by atoms with E-state index < -0.39 is 0 Å². The van der Waals surface area contributed by atoms with Gasteiger partial charge in [-0.15, -0.1) is 0 Å². The van der Waals surface area contributed by atoms with Crippen molar-refractivity contribution in [3.63, 3.8) is 0 Å². The molecule has 4 rings (SSSR count). The standard InChI is InChI=1S/C21H27ClN8O/c1-4-17(31)29-7-5-6-14(11-29)25-20-18-16(22)9-23-19(18)27-21(28-20)26-15-8-24-30(12-15)10-13(2)3/h4,8-9,12-14H,1,5-7,10-11H2,2-3H3,(H3,23,25,26,27,28)/t14-/m1/s1. The summed E-state index contributed by atoms with van der Waals surface area (Å²) >= 11 is 6.40. The van der Waals surface area contributed by atoms with Gasteiger partial charge in [0.05, 0.1) is 22.3 Å². The number of anilines is 3. The Morgan fingerprint density at radius 2 is 2.29 bits per heavy atom. The number of piperidine rings is 1. The second-order valence-electron chi connectivity index (χ2n) is 8.20. The Hall–Kier alpha value is -3.07. The lowest BCUT2D eigenvalue weighted by Gasteiger charge is -2.33. The van der Waals surface area contributed by atoms with Crippen molar-refractivity contribution in [2.75, 3.05) is 23.7 Å². The van der Waals surface area contributed by atoms with Crippen molar-refractivity contribution in [2.45, 2.75) is 39.3 Å². The highest BCUT2D eigenvalue weighted by Gasteiger charge is 2.24. The van der Waals surface area contributed by atoms with Gasteiger partial charge in [0.15, 0.2) is 0 Å². The maximum atomic E-state index is 12.0. The third kappa shape index (κ3) is 4.82. The molecule has 0 unspecified atom stereocenters. The molecule has 1 atom stereocenters. The normalized spacial score (nSPS) is 16.6. The van der Waals surface area contributed by atoms with E-state index in [-0.39, 0.29) is 11.9 Å². The Balaban J connectivity index is 1.57. The molecule has 9 nitrogen and oxygen atoms in total. The van der Waals surface area contributed by atoms with E-state index in [9.17, 15) is 4.79 Å². The summed E-state index contributed by atoms with van der Waals surface area (Å²) in [6, 6.07) is 0.0587. The molecule has 3 aromatic heterocycles. The summed E-state index contributed by atoms with van der Waals surface area (Å²) in [6.07, 6.45) is 8.58. The van der Waals surface area contributed by atoms with Crippen LogP contribution in [0.5, 0.6) is 0 Å². The molecule has 10 heteroatoms. The van der Waals surface area contributed by atoms with Gasteiger partial charge in [0.2, 0.25) is 11.9 Å². The Morgan fingerprint density at radius 1 is 1.45 bits per heavy atom. The van der Waals surface area contributed by atoms with Crippen LogP contribution >= 0.6 is 11.6 Å². The minimum atomic E-state index is -0.0558. The fourth-order valence-corrected chi connectivity index (χ4v) is 4.04. The van der Waals surface area contributed by atoms with E-state index in [0.717, 1.165) is 37.0 Å². The van der Waals surface area contributed by atoms with Crippen LogP contribution < -0.4 is 10.6 Å².